The van der Waals surface area contributed by atoms with Crippen molar-refractivity contribution in [3.63, 3.8) is 0 Å². The number of hydrogen-bond donors (Lipinski definition) is 0. The van der Waals surface area contributed by atoms with E-state index in [1.807, 2.05) is 11.8 Å². The van der Waals surface area contributed by atoms with Gasteiger partial charge in [-0.25, -0.2) is 13.4 Å². The Hall–Kier alpha value is -1.85. The van der Waals surface area contributed by atoms with E-state index in [0.29, 0.717) is 45.0 Å². The molecule has 174 valence electrons. The number of ether oxygens (including phenoxy) is 1. The Morgan fingerprint density at radius 1 is 1.12 bits per heavy atom. The summed E-state index contributed by atoms with van der Waals surface area (Å²) in [6.45, 7) is 8.98. The molecule has 0 aliphatic carbocycles. The van der Waals surface area contributed by atoms with E-state index in [4.69, 9.17) is 4.74 Å². The molecular formula is C22H30N4O4S2. The van der Waals surface area contributed by atoms with Gasteiger partial charge in [0.1, 0.15) is 0 Å². The summed E-state index contributed by atoms with van der Waals surface area (Å²) >= 11 is 1.69. The van der Waals surface area contributed by atoms with Crippen molar-refractivity contribution in [1.29, 1.82) is 0 Å². The highest BCUT2D eigenvalue weighted by Gasteiger charge is 2.29. The van der Waals surface area contributed by atoms with Crippen molar-refractivity contribution < 1.29 is 17.9 Å². The van der Waals surface area contributed by atoms with Gasteiger partial charge in [-0.3, -0.25) is 9.69 Å². The third-order valence-electron chi connectivity index (χ3n) is 5.99. The molecule has 4 rings (SSSR count). The average molecular weight is 479 g/mol. The summed E-state index contributed by atoms with van der Waals surface area (Å²) < 4.78 is 32.7. The molecule has 1 aromatic carbocycles. The van der Waals surface area contributed by atoms with Crippen LogP contribution in [0.5, 0.6) is 0 Å². The lowest BCUT2D eigenvalue weighted by molar-refractivity contribution is 0.0626. The van der Waals surface area contributed by atoms with Gasteiger partial charge in [0, 0.05) is 56.8 Å². The molecule has 32 heavy (non-hydrogen) atoms. The molecule has 0 N–H and O–H groups in total. The second kappa shape index (κ2) is 9.96. The molecule has 0 atom stereocenters. The van der Waals surface area contributed by atoms with Crippen LogP contribution in [0, 0.1) is 6.92 Å². The molecule has 0 radical (unpaired) electrons. The first-order chi connectivity index (χ1) is 15.4. The standard InChI is InChI=1S/C22H30N4O4S2/c1-3-21-23-18(16-31-21)15-24-6-8-25(9-7-24)22(27)20-14-19(5-4-17(20)2)32(28,29)26-10-12-30-13-11-26/h4-5,14,16H,3,6-13,15H2,1-2H3. The summed E-state index contributed by atoms with van der Waals surface area (Å²) in [4.78, 5) is 22.2. The van der Waals surface area contributed by atoms with Crippen LogP contribution in [0.1, 0.15) is 33.5 Å². The Morgan fingerprint density at radius 2 is 1.84 bits per heavy atom. The van der Waals surface area contributed by atoms with Crippen LogP contribution >= 0.6 is 11.3 Å². The number of sulfonamides is 1. The Labute approximate surface area is 193 Å². The number of carbonyl (C=O) groups excluding carboxylic acids is 1. The number of rotatable bonds is 6. The van der Waals surface area contributed by atoms with Crippen LogP contribution < -0.4 is 0 Å². The molecule has 2 fully saturated rings. The molecule has 0 unspecified atom stereocenters. The van der Waals surface area contributed by atoms with E-state index in [1.54, 1.807) is 23.5 Å². The van der Waals surface area contributed by atoms with E-state index in [0.717, 1.165) is 42.3 Å². The summed E-state index contributed by atoms with van der Waals surface area (Å²) in [6, 6.07) is 4.86. The number of piperazine rings is 1. The van der Waals surface area contributed by atoms with Crippen molar-refractivity contribution in [2.45, 2.75) is 31.7 Å². The van der Waals surface area contributed by atoms with Crippen molar-refractivity contribution in [2.75, 3.05) is 52.5 Å². The molecule has 2 saturated heterocycles. The Bertz CT molecular complexity index is 1060. The van der Waals surface area contributed by atoms with Gasteiger partial charge in [0.25, 0.3) is 5.91 Å². The predicted octanol–water partition coefficient (Wildman–Crippen LogP) is 1.99. The maximum Gasteiger partial charge on any atom is 0.254 e. The summed E-state index contributed by atoms with van der Waals surface area (Å²) in [5.41, 5.74) is 2.33. The number of aryl methyl sites for hydroxylation is 2. The molecule has 1 aromatic heterocycles. The summed E-state index contributed by atoms with van der Waals surface area (Å²) in [5, 5.41) is 3.26. The van der Waals surface area contributed by atoms with E-state index < -0.39 is 10.0 Å². The van der Waals surface area contributed by atoms with Gasteiger partial charge in [0.2, 0.25) is 10.0 Å². The number of aromatic nitrogens is 1. The molecule has 0 spiro atoms. The summed E-state index contributed by atoms with van der Waals surface area (Å²) in [6.07, 6.45) is 0.951. The molecule has 1 amide bonds. The van der Waals surface area contributed by atoms with E-state index in [2.05, 4.69) is 22.2 Å². The highest BCUT2D eigenvalue weighted by atomic mass is 32.2. The van der Waals surface area contributed by atoms with Crippen LogP contribution in [0.25, 0.3) is 0 Å². The van der Waals surface area contributed by atoms with Crippen molar-refractivity contribution >= 4 is 27.3 Å². The lowest BCUT2D eigenvalue weighted by Gasteiger charge is -2.34. The molecule has 2 aromatic rings. The quantitative estimate of drug-likeness (QED) is 0.632. The third kappa shape index (κ3) is 5.04. The van der Waals surface area contributed by atoms with Crippen LogP contribution in [0.15, 0.2) is 28.5 Å². The molecule has 2 aliphatic rings. The van der Waals surface area contributed by atoms with E-state index >= 15 is 0 Å². The molecule has 2 aliphatic heterocycles. The van der Waals surface area contributed by atoms with Gasteiger partial charge in [-0.05, 0) is 31.0 Å². The van der Waals surface area contributed by atoms with Crippen LogP contribution in [0.2, 0.25) is 0 Å². The molecule has 3 heterocycles. The Morgan fingerprint density at radius 3 is 2.50 bits per heavy atom. The lowest BCUT2D eigenvalue weighted by atomic mass is 10.1. The zero-order valence-corrected chi connectivity index (χ0v) is 20.3. The van der Waals surface area contributed by atoms with E-state index in [1.165, 1.54) is 10.4 Å². The van der Waals surface area contributed by atoms with Gasteiger partial charge in [0.05, 0.1) is 28.8 Å². The van der Waals surface area contributed by atoms with Gasteiger partial charge in [-0.2, -0.15) is 4.31 Å². The number of morpholine rings is 1. The second-order valence-electron chi connectivity index (χ2n) is 8.15. The zero-order valence-electron chi connectivity index (χ0n) is 18.6. The zero-order chi connectivity index (χ0) is 22.7. The smallest absolute Gasteiger partial charge is 0.254 e. The van der Waals surface area contributed by atoms with Crippen LogP contribution in [-0.2, 0) is 27.7 Å². The molecule has 0 bridgehead atoms. The highest BCUT2D eigenvalue weighted by molar-refractivity contribution is 7.89. The SMILES string of the molecule is CCc1nc(CN2CCN(C(=O)c3cc(S(=O)(=O)N4CCOCC4)ccc3C)CC2)cs1. The minimum atomic E-state index is -3.64. The monoisotopic (exact) mass is 478 g/mol. The topological polar surface area (TPSA) is 83.1 Å². The van der Waals surface area contributed by atoms with Gasteiger partial charge in [-0.1, -0.05) is 13.0 Å². The van der Waals surface area contributed by atoms with Gasteiger partial charge in [-0.15, -0.1) is 11.3 Å². The Kier molecular flexibility index (Phi) is 7.26. The molecule has 8 nitrogen and oxygen atoms in total. The van der Waals surface area contributed by atoms with E-state index in [9.17, 15) is 13.2 Å². The van der Waals surface area contributed by atoms with Crippen molar-refractivity contribution in [2.24, 2.45) is 0 Å². The molecular weight excluding hydrogens is 448 g/mol. The fourth-order valence-electron chi connectivity index (χ4n) is 4.02. The number of carbonyl (C=O) groups is 1. The fourth-order valence-corrected chi connectivity index (χ4v) is 6.19. The predicted molar refractivity (Wildman–Crippen MR) is 123 cm³/mol. The fraction of sp³-hybridized carbons (Fsp3) is 0.545. The molecule has 10 heteroatoms. The lowest BCUT2D eigenvalue weighted by Crippen LogP contribution is -2.48. The van der Waals surface area contributed by atoms with Gasteiger partial charge >= 0.3 is 0 Å². The number of nitrogens with zero attached hydrogens (tertiary/aromatic N) is 4. The maximum atomic E-state index is 13.3. The average Bonchev–Trinajstić information content (AvgIpc) is 3.27. The van der Waals surface area contributed by atoms with Gasteiger partial charge in [0.15, 0.2) is 0 Å². The highest BCUT2D eigenvalue weighted by Crippen LogP contribution is 2.22. The van der Waals surface area contributed by atoms with Gasteiger partial charge < -0.3 is 9.64 Å². The number of amides is 1. The first-order valence-electron chi connectivity index (χ1n) is 11.0. The minimum absolute atomic E-state index is 0.108. The minimum Gasteiger partial charge on any atom is -0.379 e. The third-order valence-corrected chi connectivity index (χ3v) is 8.93. The summed E-state index contributed by atoms with van der Waals surface area (Å²) in [7, 11) is -3.64. The van der Waals surface area contributed by atoms with Crippen molar-refractivity contribution in [1.82, 2.24) is 19.1 Å². The van der Waals surface area contributed by atoms with Crippen LogP contribution in [-0.4, -0.2) is 85.9 Å². The first kappa shape index (κ1) is 23.3. The Balaban J connectivity index is 1.42. The normalized spacial score (nSPS) is 18.8. The van der Waals surface area contributed by atoms with Crippen LogP contribution in [0.4, 0.5) is 0 Å². The number of thiazole rings is 1. The second-order valence-corrected chi connectivity index (χ2v) is 11.0. The first-order valence-corrected chi connectivity index (χ1v) is 13.3. The maximum absolute atomic E-state index is 13.3. The van der Waals surface area contributed by atoms with E-state index in [-0.39, 0.29) is 10.8 Å². The largest absolute Gasteiger partial charge is 0.379 e. The van der Waals surface area contributed by atoms with Crippen LogP contribution in [0.3, 0.4) is 0 Å². The summed E-state index contributed by atoms with van der Waals surface area (Å²) in [5.74, 6) is -0.108. The molecule has 0 saturated carbocycles. The number of hydrogen-bond acceptors (Lipinski definition) is 7. The van der Waals surface area contributed by atoms with Crippen molar-refractivity contribution in [3.05, 3.63) is 45.4 Å². The van der Waals surface area contributed by atoms with Crippen molar-refractivity contribution in [3.8, 4) is 0 Å². The number of benzene rings is 1.